The topological polar surface area (TPSA) is 58.9 Å². The number of aromatic nitrogens is 1. The predicted molar refractivity (Wildman–Crippen MR) is 41.6 cm³/mol. The summed E-state index contributed by atoms with van der Waals surface area (Å²) in [5, 5.41) is 0. The van der Waals surface area contributed by atoms with Crippen molar-refractivity contribution < 1.29 is 0 Å². The Morgan fingerprint density at radius 3 is 2.90 bits per heavy atom. The fourth-order valence-electron chi connectivity index (χ4n) is 0.637. The molecule has 0 aliphatic rings. The number of nitrogens with two attached hydrogens (primary N) is 1. The third-order valence-corrected chi connectivity index (χ3v) is 1.19. The molecule has 1 aromatic rings. The highest BCUT2D eigenvalue weighted by Gasteiger charge is 1.91. The number of nitrogens with one attached hydrogen (secondary N) is 1. The van der Waals surface area contributed by atoms with Crippen LogP contribution in [-0.4, -0.2) is 4.98 Å². The molecule has 1 rings (SSSR count). The summed E-state index contributed by atoms with van der Waals surface area (Å²) >= 11 is 0. The first-order valence-corrected chi connectivity index (χ1v) is 2.84. The first kappa shape index (κ1) is 6.61. The number of hydrogen-bond donors (Lipinski definition) is 2. The molecule has 1 aromatic heterocycles. The lowest BCUT2D eigenvalue weighted by atomic mass is 10.3. The molecule has 0 radical (unpaired) electrons. The van der Waals surface area contributed by atoms with Crippen LogP contribution in [0.2, 0.25) is 0 Å². The second-order valence-electron chi connectivity index (χ2n) is 1.92. The smallest absolute Gasteiger partial charge is 0.271 e. The van der Waals surface area contributed by atoms with E-state index in [1.165, 1.54) is 0 Å². The predicted octanol–water partition coefficient (Wildman–Crippen LogP) is 0.600. The molecule has 10 heavy (non-hydrogen) atoms. The zero-order chi connectivity index (χ0) is 7.56. The molecule has 0 aliphatic carbocycles. The van der Waals surface area contributed by atoms with E-state index < -0.39 is 0 Å². The lowest BCUT2D eigenvalue weighted by Gasteiger charge is -1.92. The standard InChI is InChI=1S/C7H8N2O/c1-2-5-3-6(8)7(10)9-4-5/h2-4H,1,8H2,(H,9,10). The van der Waals surface area contributed by atoms with E-state index in [2.05, 4.69) is 11.6 Å². The Hall–Kier alpha value is -1.51. The van der Waals surface area contributed by atoms with Gasteiger partial charge in [-0.2, -0.15) is 0 Å². The van der Waals surface area contributed by atoms with Crippen LogP contribution in [0.1, 0.15) is 5.56 Å². The van der Waals surface area contributed by atoms with E-state index in [4.69, 9.17) is 5.73 Å². The van der Waals surface area contributed by atoms with E-state index in [1.54, 1.807) is 18.3 Å². The number of aromatic amines is 1. The third-order valence-electron chi connectivity index (χ3n) is 1.19. The molecule has 0 unspecified atom stereocenters. The van der Waals surface area contributed by atoms with E-state index in [9.17, 15) is 4.79 Å². The minimum Gasteiger partial charge on any atom is -0.394 e. The number of pyridine rings is 1. The number of H-pyrrole nitrogens is 1. The van der Waals surface area contributed by atoms with Crippen molar-refractivity contribution in [1.82, 2.24) is 4.98 Å². The van der Waals surface area contributed by atoms with Crippen LogP contribution in [-0.2, 0) is 0 Å². The van der Waals surface area contributed by atoms with Crippen molar-refractivity contribution in [3.63, 3.8) is 0 Å². The van der Waals surface area contributed by atoms with Crippen LogP contribution in [0, 0.1) is 0 Å². The molecule has 0 atom stereocenters. The molecular weight excluding hydrogens is 128 g/mol. The molecule has 3 nitrogen and oxygen atoms in total. The second kappa shape index (κ2) is 2.39. The molecule has 0 saturated carbocycles. The van der Waals surface area contributed by atoms with Crippen LogP contribution < -0.4 is 11.3 Å². The second-order valence-corrected chi connectivity index (χ2v) is 1.92. The van der Waals surface area contributed by atoms with Crippen LogP contribution >= 0.6 is 0 Å². The van der Waals surface area contributed by atoms with Crippen molar-refractivity contribution in [1.29, 1.82) is 0 Å². The summed E-state index contributed by atoms with van der Waals surface area (Å²) in [6.45, 7) is 3.52. The van der Waals surface area contributed by atoms with Crippen molar-refractivity contribution >= 4 is 11.8 Å². The number of anilines is 1. The molecular formula is C7H8N2O. The van der Waals surface area contributed by atoms with Gasteiger partial charge in [-0.15, -0.1) is 0 Å². The number of rotatable bonds is 1. The van der Waals surface area contributed by atoms with Crippen LogP contribution in [0.15, 0.2) is 23.6 Å². The Kier molecular flexibility index (Phi) is 1.58. The lowest BCUT2D eigenvalue weighted by molar-refractivity contribution is 1.24. The minimum atomic E-state index is -0.259. The minimum absolute atomic E-state index is 0.220. The number of hydrogen-bond acceptors (Lipinski definition) is 2. The van der Waals surface area contributed by atoms with Crippen molar-refractivity contribution in [2.45, 2.75) is 0 Å². The van der Waals surface area contributed by atoms with E-state index in [0.717, 1.165) is 5.56 Å². The maximum absolute atomic E-state index is 10.7. The third kappa shape index (κ3) is 1.07. The van der Waals surface area contributed by atoms with Gasteiger partial charge < -0.3 is 10.7 Å². The molecule has 0 fully saturated rings. The molecule has 0 saturated heterocycles. The molecule has 3 heteroatoms. The van der Waals surface area contributed by atoms with Gasteiger partial charge in [-0.05, 0) is 11.6 Å². The van der Waals surface area contributed by atoms with Crippen LogP contribution in [0.3, 0.4) is 0 Å². The fraction of sp³-hybridized carbons (Fsp3) is 0. The highest BCUT2D eigenvalue weighted by Crippen LogP contribution is 1.99. The molecule has 0 amide bonds. The van der Waals surface area contributed by atoms with Gasteiger partial charge in [0.05, 0.1) is 5.69 Å². The van der Waals surface area contributed by atoms with Crippen LogP contribution in [0.4, 0.5) is 5.69 Å². The van der Waals surface area contributed by atoms with E-state index in [1.807, 2.05) is 0 Å². The van der Waals surface area contributed by atoms with Gasteiger partial charge in [0, 0.05) is 6.20 Å². The van der Waals surface area contributed by atoms with Crippen molar-refractivity contribution in [2.75, 3.05) is 5.73 Å². The Balaban J connectivity index is 3.29. The zero-order valence-corrected chi connectivity index (χ0v) is 5.42. The van der Waals surface area contributed by atoms with Crippen LogP contribution in [0.25, 0.3) is 6.08 Å². The number of nitrogen functional groups attached to an aromatic ring is 1. The van der Waals surface area contributed by atoms with Gasteiger partial charge in [0.25, 0.3) is 5.56 Å². The Morgan fingerprint density at radius 1 is 1.70 bits per heavy atom. The molecule has 0 aliphatic heterocycles. The summed E-state index contributed by atoms with van der Waals surface area (Å²) in [6.07, 6.45) is 3.18. The maximum Gasteiger partial charge on any atom is 0.271 e. The average molecular weight is 136 g/mol. The molecule has 0 spiro atoms. The van der Waals surface area contributed by atoms with Gasteiger partial charge in [-0.3, -0.25) is 4.79 Å². The largest absolute Gasteiger partial charge is 0.394 e. The summed E-state index contributed by atoms with van der Waals surface area (Å²) < 4.78 is 0. The van der Waals surface area contributed by atoms with E-state index >= 15 is 0 Å². The highest BCUT2D eigenvalue weighted by molar-refractivity contribution is 5.51. The molecule has 0 aromatic carbocycles. The fourth-order valence-corrected chi connectivity index (χ4v) is 0.637. The molecule has 1 heterocycles. The molecule has 52 valence electrons. The average Bonchev–Trinajstić information content (AvgIpc) is 1.95. The SMILES string of the molecule is C=Cc1c[nH]c(=O)c(N)c1. The maximum atomic E-state index is 10.7. The summed E-state index contributed by atoms with van der Waals surface area (Å²) in [6, 6.07) is 1.58. The van der Waals surface area contributed by atoms with Crippen molar-refractivity contribution in [3.8, 4) is 0 Å². The summed E-state index contributed by atoms with van der Waals surface area (Å²) in [5.41, 5.74) is 6.08. The molecule has 0 bridgehead atoms. The summed E-state index contributed by atoms with van der Waals surface area (Å²) in [7, 11) is 0. The van der Waals surface area contributed by atoms with Crippen LogP contribution in [0.5, 0.6) is 0 Å². The zero-order valence-electron chi connectivity index (χ0n) is 5.42. The van der Waals surface area contributed by atoms with Gasteiger partial charge in [0.2, 0.25) is 0 Å². The lowest BCUT2D eigenvalue weighted by Crippen LogP contribution is -2.10. The van der Waals surface area contributed by atoms with Gasteiger partial charge in [0.15, 0.2) is 0 Å². The first-order chi connectivity index (χ1) is 4.74. The van der Waals surface area contributed by atoms with E-state index in [-0.39, 0.29) is 11.2 Å². The Morgan fingerprint density at radius 2 is 2.40 bits per heavy atom. The van der Waals surface area contributed by atoms with Gasteiger partial charge >= 0.3 is 0 Å². The van der Waals surface area contributed by atoms with Gasteiger partial charge in [-0.25, -0.2) is 0 Å². The van der Waals surface area contributed by atoms with Crippen molar-refractivity contribution in [2.24, 2.45) is 0 Å². The monoisotopic (exact) mass is 136 g/mol. The Labute approximate surface area is 58.2 Å². The first-order valence-electron chi connectivity index (χ1n) is 2.84. The highest BCUT2D eigenvalue weighted by atomic mass is 16.1. The summed E-state index contributed by atoms with van der Waals surface area (Å²) in [5.74, 6) is 0. The normalized spacial score (nSPS) is 9.20. The van der Waals surface area contributed by atoms with Gasteiger partial charge in [-0.1, -0.05) is 12.7 Å². The molecule has 3 N–H and O–H groups in total. The quantitative estimate of drug-likeness (QED) is 0.594. The Bertz CT molecular complexity index is 301. The summed E-state index contributed by atoms with van der Waals surface area (Å²) in [4.78, 5) is 13.1. The van der Waals surface area contributed by atoms with E-state index in [0.29, 0.717) is 0 Å². The van der Waals surface area contributed by atoms with Gasteiger partial charge in [0.1, 0.15) is 0 Å². The van der Waals surface area contributed by atoms with Crippen molar-refractivity contribution in [3.05, 3.63) is 34.8 Å².